The molecule has 0 aromatic carbocycles. The largest absolute Gasteiger partial charge is 0.394 e. The highest BCUT2D eigenvalue weighted by Gasteiger charge is 2.51. The molecule has 0 bridgehead atoms. The fraction of sp³-hybridized carbons (Fsp3) is 0.768. The van der Waals surface area contributed by atoms with Crippen LogP contribution in [0, 0.1) is 0 Å². The summed E-state index contributed by atoms with van der Waals surface area (Å²) in [5.41, 5.74) is 0. The van der Waals surface area contributed by atoms with Crippen molar-refractivity contribution in [3.8, 4) is 0 Å². The van der Waals surface area contributed by atoms with Crippen LogP contribution in [0.3, 0.4) is 0 Å². The van der Waals surface area contributed by atoms with Crippen molar-refractivity contribution in [2.45, 2.75) is 383 Å². The van der Waals surface area contributed by atoms with Crippen LogP contribution in [0.1, 0.15) is 309 Å². The maximum Gasteiger partial charge on any atom is 0.220 e. The Hall–Kier alpha value is -3.35. The number of carbonyl (C=O) groups excluding carboxylic acids is 1. The molecule has 2 heterocycles. The average molecular weight is 1350 g/mol. The highest BCUT2D eigenvalue weighted by Crippen LogP contribution is 2.30. The van der Waals surface area contributed by atoms with Crippen molar-refractivity contribution in [1.82, 2.24) is 5.32 Å². The topological polar surface area (TPSA) is 228 Å². The Morgan fingerprint density at radius 1 is 0.385 bits per heavy atom. The van der Waals surface area contributed by atoms with Crippen LogP contribution < -0.4 is 5.32 Å². The number of allylic oxidation sites excluding steroid dienone is 17. The molecular formula is C82H143NO13. The second-order valence-electron chi connectivity index (χ2n) is 27.1. The zero-order valence-electron chi connectivity index (χ0n) is 60.6. The third kappa shape index (κ3) is 47.7. The van der Waals surface area contributed by atoms with Crippen LogP contribution in [0.25, 0.3) is 0 Å². The molecule has 2 aliphatic heterocycles. The summed E-state index contributed by atoms with van der Waals surface area (Å²) < 4.78 is 22.9. The van der Waals surface area contributed by atoms with Crippen molar-refractivity contribution in [3.05, 3.63) is 109 Å². The molecule has 14 heteroatoms. The van der Waals surface area contributed by atoms with Gasteiger partial charge in [0.1, 0.15) is 48.8 Å². The molecular weight excluding hydrogens is 1210 g/mol. The van der Waals surface area contributed by atoms with Crippen LogP contribution in [-0.4, -0.2) is 140 Å². The molecule has 554 valence electrons. The van der Waals surface area contributed by atoms with E-state index in [-0.39, 0.29) is 18.9 Å². The van der Waals surface area contributed by atoms with Gasteiger partial charge >= 0.3 is 0 Å². The predicted molar refractivity (Wildman–Crippen MR) is 396 cm³/mol. The molecule has 12 atom stereocenters. The first-order chi connectivity index (χ1) is 47.1. The zero-order chi connectivity index (χ0) is 69.4. The van der Waals surface area contributed by atoms with Gasteiger partial charge in [0.25, 0.3) is 0 Å². The lowest BCUT2D eigenvalue weighted by Crippen LogP contribution is -2.65. The van der Waals surface area contributed by atoms with Gasteiger partial charge in [-0.15, -0.1) is 0 Å². The van der Waals surface area contributed by atoms with Gasteiger partial charge in [-0.05, 0) is 83.5 Å². The Bertz CT molecular complexity index is 2030. The minimum Gasteiger partial charge on any atom is -0.394 e. The molecule has 9 N–H and O–H groups in total. The summed E-state index contributed by atoms with van der Waals surface area (Å²) in [6.45, 7) is 2.70. The number of hydrogen-bond donors (Lipinski definition) is 9. The third-order valence-electron chi connectivity index (χ3n) is 18.5. The molecule has 2 aliphatic rings. The van der Waals surface area contributed by atoms with E-state index in [1.165, 1.54) is 186 Å². The van der Waals surface area contributed by atoms with E-state index in [0.717, 1.165) is 96.3 Å². The number of aliphatic hydroxyl groups excluding tert-OH is 8. The molecule has 12 unspecified atom stereocenters. The van der Waals surface area contributed by atoms with Gasteiger partial charge in [0, 0.05) is 6.42 Å². The van der Waals surface area contributed by atoms with Gasteiger partial charge in [0.2, 0.25) is 5.91 Å². The summed E-state index contributed by atoms with van der Waals surface area (Å²) in [6.07, 6.45) is 77.3. The first-order valence-corrected chi connectivity index (χ1v) is 39.1. The Morgan fingerprint density at radius 2 is 0.719 bits per heavy atom. The number of aliphatic hydroxyl groups is 8. The fourth-order valence-electron chi connectivity index (χ4n) is 12.3. The Kier molecular flexibility index (Phi) is 60.1. The molecule has 0 aromatic heterocycles. The van der Waals surface area contributed by atoms with E-state index in [2.05, 4.69) is 116 Å². The van der Waals surface area contributed by atoms with Crippen molar-refractivity contribution in [3.63, 3.8) is 0 Å². The molecule has 96 heavy (non-hydrogen) atoms. The number of unbranched alkanes of at least 4 members (excludes halogenated alkanes) is 35. The average Bonchev–Trinajstić information content (AvgIpc) is 0.854. The van der Waals surface area contributed by atoms with E-state index < -0.39 is 86.8 Å². The molecule has 0 aliphatic carbocycles. The van der Waals surface area contributed by atoms with Gasteiger partial charge in [-0.1, -0.05) is 329 Å². The van der Waals surface area contributed by atoms with Crippen molar-refractivity contribution in [1.29, 1.82) is 0 Å². The van der Waals surface area contributed by atoms with Gasteiger partial charge in [0.15, 0.2) is 12.6 Å². The third-order valence-corrected chi connectivity index (χ3v) is 18.5. The van der Waals surface area contributed by atoms with Crippen molar-refractivity contribution in [2.24, 2.45) is 0 Å². The summed E-state index contributed by atoms with van der Waals surface area (Å²) in [7, 11) is 0. The highest BCUT2D eigenvalue weighted by atomic mass is 16.7. The molecule has 1 amide bonds. The molecule has 0 radical (unpaired) electrons. The second kappa shape index (κ2) is 65.0. The van der Waals surface area contributed by atoms with Crippen molar-refractivity contribution >= 4 is 5.91 Å². The standard InChI is InChI=1S/C82H143NO13/c1-3-5-7-9-11-13-15-17-19-21-23-25-27-29-31-33-34-35-36-38-39-41-43-45-47-49-51-53-55-57-59-61-63-65-71(86)70(69-93-81-79(92)77(90)80(73(68-85)95-81)96-82-78(91)76(89)75(88)72(67-84)94-82)83-74(87)66-64-62-60-58-56-54-52-50-48-46-44-42-40-37-32-30-28-26-24-22-20-18-16-14-12-10-8-6-4-2/h6,8,12,14,18,20,24,26,30,32,40,42,46,48,52,54,63,65,70-73,75-82,84-86,88-92H,3-5,7,9-11,13,15-17,19,21-23,25,27-29,31,33-39,41,43-45,47,49-51,53,55-62,64,66-69H2,1-2H3,(H,83,87)/b8-6-,14-12-,20-18-,26-24-,32-30-,42-40-,48-46-,54-52-,65-63+. The summed E-state index contributed by atoms with van der Waals surface area (Å²) in [5.74, 6) is -0.265. The second-order valence-corrected chi connectivity index (χ2v) is 27.1. The number of nitrogens with one attached hydrogen (secondary N) is 1. The van der Waals surface area contributed by atoms with E-state index >= 15 is 0 Å². The van der Waals surface area contributed by atoms with Crippen LogP contribution in [0.5, 0.6) is 0 Å². The number of rotatable bonds is 64. The van der Waals surface area contributed by atoms with Crippen LogP contribution in [0.15, 0.2) is 109 Å². The van der Waals surface area contributed by atoms with E-state index in [1.54, 1.807) is 6.08 Å². The predicted octanol–water partition coefficient (Wildman–Crippen LogP) is 17.5. The van der Waals surface area contributed by atoms with Gasteiger partial charge in [-0.3, -0.25) is 4.79 Å². The van der Waals surface area contributed by atoms with Crippen LogP contribution in [0.2, 0.25) is 0 Å². The summed E-state index contributed by atoms with van der Waals surface area (Å²) >= 11 is 0. The first-order valence-electron chi connectivity index (χ1n) is 39.1. The maximum absolute atomic E-state index is 13.4. The summed E-state index contributed by atoms with van der Waals surface area (Å²) in [5, 5.41) is 87.6. The van der Waals surface area contributed by atoms with Crippen molar-refractivity contribution in [2.75, 3.05) is 19.8 Å². The van der Waals surface area contributed by atoms with E-state index in [0.29, 0.717) is 6.42 Å². The lowest BCUT2D eigenvalue weighted by Gasteiger charge is -2.46. The Morgan fingerprint density at radius 3 is 1.10 bits per heavy atom. The molecule has 0 spiro atoms. The SMILES string of the molecule is CC/C=C\C/C=C\C/C=C\C/C=C\C/C=C\C/C=C\C/C=C\C/C=C\CCCCCCC(=O)NC(COC1OC(CO)C(OC2OC(CO)C(O)C(O)C2O)C(O)C1O)C(O)/C=C/CCCCCCCCCCCCCCCCCCCCCCCCCCCCCCCCC. The molecule has 0 aromatic rings. The number of carbonyl (C=O) groups is 1. The normalized spacial score (nSPS) is 22.9. The number of hydrogen-bond acceptors (Lipinski definition) is 13. The monoisotopic (exact) mass is 1350 g/mol. The quantitative estimate of drug-likeness (QED) is 0.0204. The smallest absolute Gasteiger partial charge is 0.220 e. The van der Waals surface area contributed by atoms with Gasteiger partial charge in [-0.2, -0.15) is 0 Å². The van der Waals surface area contributed by atoms with Crippen molar-refractivity contribution < 1.29 is 64.6 Å². The number of ether oxygens (including phenoxy) is 4. The molecule has 0 saturated carbocycles. The lowest BCUT2D eigenvalue weighted by atomic mass is 9.97. The first kappa shape index (κ1) is 88.7. The van der Waals surface area contributed by atoms with Crippen LogP contribution in [-0.2, 0) is 23.7 Å². The summed E-state index contributed by atoms with van der Waals surface area (Å²) in [4.78, 5) is 13.4. The Labute approximate surface area is 585 Å². The maximum atomic E-state index is 13.4. The highest BCUT2D eigenvalue weighted by molar-refractivity contribution is 5.76. The minimum absolute atomic E-state index is 0.245. The Balaban J connectivity index is 1.66. The van der Waals surface area contributed by atoms with Gasteiger partial charge in [0.05, 0.1) is 32.0 Å². The van der Waals surface area contributed by atoms with Gasteiger partial charge < -0.3 is 65.1 Å². The zero-order valence-corrected chi connectivity index (χ0v) is 60.6. The summed E-state index contributed by atoms with van der Waals surface area (Å²) in [6, 6.07) is -0.939. The van der Waals surface area contributed by atoms with E-state index in [4.69, 9.17) is 18.9 Å². The van der Waals surface area contributed by atoms with Crippen LogP contribution in [0.4, 0.5) is 0 Å². The van der Waals surface area contributed by atoms with E-state index in [1.807, 2.05) is 6.08 Å². The molecule has 2 fully saturated rings. The van der Waals surface area contributed by atoms with Crippen LogP contribution >= 0.6 is 0 Å². The lowest BCUT2D eigenvalue weighted by molar-refractivity contribution is -0.359. The molecule has 2 rings (SSSR count). The number of amides is 1. The molecule has 2 saturated heterocycles. The van der Waals surface area contributed by atoms with Gasteiger partial charge in [-0.25, -0.2) is 0 Å². The molecule has 14 nitrogen and oxygen atoms in total. The van der Waals surface area contributed by atoms with E-state index in [9.17, 15) is 45.6 Å². The minimum atomic E-state index is -1.80. The fourth-order valence-corrected chi connectivity index (χ4v) is 12.3.